The first-order valence-electron chi connectivity index (χ1n) is 5.67. The molecule has 2 N–H and O–H groups in total. The maximum atomic E-state index is 5.47. The Bertz CT molecular complexity index is 615. The van der Waals surface area contributed by atoms with E-state index < -0.39 is 0 Å². The van der Waals surface area contributed by atoms with Crippen molar-refractivity contribution in [3.8, 4) is 28.6 Å². The van der Waals surface area contributed by atoms with Gasteiger partial charge in [-0.3, -0.25) is 0 Å². The summed E-state index contributed by atoms with van der Waals surface area (Å²) in [5, 5.41) is 3.89. The first-order valence-corrected chi connectivity index (χ1v) is 6.47. The molecule has 7 nitrogen and oxygen atoms in total. The van der Waals surface area contributed by atoms with Crippen LogP contribution in [0.25, 0.3) is 11.4 Å². The number of hydrogen-bond donors (Lipinski definition) is 1. The minimum Gasteiger partial charge on any atom is -0.493 e. The third-order valence-corrected chi connectivity index (χ3v) is 3.27. The van der Waals surface area contributed by atoms with Gasteiger partial charge in [0.1, 0.15) is 0 Å². The number of aromatic nitrogens is 2. The van der Waals surface area contributed by atoms with Crippen molar-refractivity contribution >= 4 is 15.9 Å². The van der Waals surface area contributed by atoms with Crippen LogP contribution in [0.1, 0.15) is 5.89 Å². The van der Waals surface area contributed by atoms with E-state index in [9.17, 15) is 0 Å². The molecule has 0 atom stereocenters. The fraction of sp³-hybridized carbons (Fsp3) is 0.333. The van der Waals surface area contributed by atoms with Crippen molar-refractivity contribution in [2.45, 2.75) is 6.54 Å². The van der Waals surface area contributed by atoms with E-state index in [1.807, 2.05) is 0 Å². The van der Waals surface area contributed by atoms with Gasteiger partial charge < -0.3 is 24.5 Å². The van der Waals surface area contributed by atoms with Gasteiger partial charge in [-0.05, 0) is 22.0 Å². The summed E-state index contributed by atoms with van der Waals surface area (Å²) in [4.78, 5) is 4.19. The maximum Gasteiger partial charge on any atom is 0.240 e. The van der Waals surface area contributed by atoms with Crippen molar-refractivity contribution in [2.75, 3.05) is 21.3 Å². The van der Waals surface area contributed by atoms with Gasteiger partial charge in [0.15, 0.2) is 11.5 Å². The number of rotatable bonds is 5. The Kier molecular flexibility index (Phi) is 4.46. The Morgan fingerprint density at radius 2 is 1.90 bits per heavy atom. The number of nitrogens with two attached hydrogens (primary N) is 1. The SMILES string of the molecule is COc1cc(Br)c(-c2noc(CN)n2)c(OC)c1OC. The molecule has 0 bridgehead atoms. The van der Waals surface area contributed by atoms with Crippen LogP contribution in [0.5, 0.6) is 17.2 Å². The number of methoxy groups -OCH3 is 3. The molecule has 8 heteroatoms. The Labute approximate surface area is 124 Å². The van der Waals surface area contributed by atoms with Crippen molar-refractivity contribution in [3.05, 3.63) is 16.4 Å². The fourth-order valence-electron chi connectivity index (χ4n) is 1.77. The molecule has 2 rings (SSSR count). The van der Waals surface area contributed by atoms with Crippen LogP contribution in [-0.2, 0) is 6.54 Å². The van der Waals surface area contributed by atoms with Crippen LogP contribution in [0.15, 0.2) is 15.1 Å². The third-order valence-electron chi connectivity index (χ3n) is 2.65. The van der Waals surface area contributed by atoms with Crippen LogP contribution in [0.4, 0.5) is 0 Å². The summed E-state index contributed by atoms with van der Waals surface area (Å²) >= 11 is 3.44. The third kappa shape index (κ3) is 2.44. The summed E-state index contributed by atoms with van der Waals surface area (Å²) in [5.74, 6) is 2.12. The van der Waals surface area contributed by atoms with Crippen LogP contribution in [0.3, 0.4) is 0 Å². The average molecular weight is 344 g/mol. The van der Waals surface area contributed by atoms with E-state index in [2.05, 4.69) is 26.1 Å². The van der Waals surface area contributed by atoms with Crippen LogP contribution < -0.4 is 19.9 Å². The summed E-state index contributed by atoms with van der Waals surface area (Å²) in [6.07, 6.45) is 0. The van der Waals surface area contributed by atoms with Crippen LogP contribution in [0, 0.1) is 0 Å². The van der Waals surface area contributed by atoms with E-state index in [0.717, 1.165) is 0 Å². The zero-order valence-electron chi connectivity index (χ0n) is 11.3. The Balaban J connectivity index is 2.68. The van der Waals surface area contributed by atoms with Gasteiger partial charge in [-0.25, -0.2) is 0 Å². The van der Waals surface area contributed by atoms with Gasteiger partial charge in [-0.1, -0.05) is 5.16 Å². The summed E-state index contributed by atoms with van der Waals surface area (Å²) in [7, 11) is 4.60. The van der Waals surface area contributed by atoms with Crippen molar-refractivity contribution < 1.29 is 18.7 Å². The molecule has 20 heavy (non-hydrogen) atoms. The molecule has 0 spiro atoms. The van der Waals surface area contributed by atoms with Crippen molar-refractivity contribution in [2.24, 2.45) is 5.73 Å². The second-order valence-corrected chi connectivity index (χ2v) is 4.57. The Morgan fingerprint density at radius 1 is 1.20 bits per heavy atom. The Hall–Kier alpha value is -1.80. The molecule has 0 aliphatic heterocycles. The minimum absolute atomic E-state index is 0.167. The lowest BCUT2D eigenvalue weighted by molar-refractivity contribution is 0.324. The quantitative estimate of drug-likeness (QED) is 0.886. The number of hydrogen-bond acceptors (Lipinski definition) is 7. The molecule has 0 saturated heterocycles. The van der Waals surface area contributed by atoms with E-state index in [4.69, 9.17) is 24.5 Å². The molecule has 1 heterocycles. The predicted octanol–water partition coefficient (Wildman–Crippen LogP) is 1.98. The normalized spacial score (nSPS) is 10.4. The Morgan fingerprint density at radius 3 is 2.40 bits per heavy atom. The lowest BCUT2D eigenvalue weighted by Crippen LogP contribution is -1.99. The molecule has 2 aromatic rings. The summed E-state index contributed by atoms with van der Waals surface area (Å²) < 4.78 is 21.7. The molecule has 108 valence electrons. The van der Waals surface area contributed by atoms with Crippen molar-refractivity contribution in [1.82, 2.24) is 10.1 Å². The van der Waals surface area contributed by atoms with E-state index in [1.165, 1.54) is 14.2 Å². The molecular weight excluding hydrogens is 330 g/mol. The molecule has 0 radical (unpaired) electrons. The second-order valence-electron chi connectivity index (χ2n) is 3.72. The van der Waals surface area contributed by atoms with Crippen LogP contribution in [-0.4, -0.2) is 31.5 Å². The molecular formula is C12H14BrN3O4. The maximum absolute atomic E-state index is 5.47. The van der Waals surface area contributed by atoms with Gasteiger partial charge in [0.25, 0.3) is 0 Å². The zero-order chi connectivity index (χ0) is 14.7. The summed E-state index contributed by atoms with van der Waals surface area (Å²) in [5.41, 5.74) is 6.07. The highest BCUT2D eigenvalue weighted by molar-refractivity contribution is 9.10. The van der Waals surface area contributed by atoms with E-state index in [-0.39, 0.29) is 6.54 Å². The van der Waals surface area contributed by atoms with Gasteiger partial charge >= 0.3 is 0 Å². The van der Waals surface area contributed by atoms with E-state index >= 15 is 0 Å². The number of nitrogens with zero attached hydrogens (tertiary/aromatic N) is 2. The smallest absolute Gasteiger partial charge is 0.240 e. The molecule has 0 aliphatic carbocycles. The number of ether oxygens (including phenoxy) is 3. The van der Waals surface area contributed by atoms with Crippen molar-refractivity contribution in [3.63, 3.8) is 0 Å². The largest absolute Gasteiger partial charge is 0.493 e. The summed E-state index contributed by atoms with van der Waals surface area (Å²) in [6.45, 7) is 0.167. The molecule has 0 fully saturated rings. The van der Waals surface area contributed by atoms with Gasteiger partial charge in [0, 0.05) is 4.47 Å². The van der Waals surface area contributed by atoms with Crippen LogP contribution in [0.2, 0.25) is 0 Å². The lowest BCUT2D eigenvalue weighted by Gasteiger charge is -2.15. The number of benzene rings is 1. The van der Waals surface area contributed by atoms with Gasteiger partial charge in [0.05, 0.1) is 33.4 Å². The van der Waals surface area contributed by atoms with Gasteiger partial charge in [-0.15, -0.1) is 0 Å². The molecule has 0 unspecified atom stereocenters. The predicted molar refractivity (Wildman–Crippen MR) is 75.0 cm³/mol. The van der Waals surface area contributed by atoms with Gasteiger partial charge in [0.2, 0.25) is 17.5 Å². The van der Waals surface area contributed by atoms with Crippen molar-refractivity contribution in [1.29, 1.82) is 0 Å². The highest BCUT2D eigenvalue weighted by atomic mass is 79.9. The zero-order valence-corrected chi connectivity index (χ0v) is 12.9. The highest BCUT2D eigenvalue weighted by Crippen LogP contribution is 2.47. The second kappa shape index (κ2) is 6.10. The molecule has 0 saturated carbocycles. The monoisotopic (exact) mass is 343 g/mol. The number of halogens is 1. The standard InChI is InChI=1S/C12H14BrN3O4/c1-17-7-4-6(13)9(11(19-3)10(7)18-2)12-15-8(5-14)20-16-12/h4H,5,14H2,1-3H3. The lowest BCUT2D eigenvalue weighted by atomic mass is 10.1. The average Bonchev–Trinajstić information content (AvgIpc) is 2.94. The molecule has 1 aromatic heterocycles. The van der Waals surface area contributed by atoms with Gasteiger partial charge in [-0.2, -0.15) is 4.98 Å². The van der Waals surface area contributed by atoms with E-state index in [0.29, 0.717) is 39.0 Å². The first-order chi connectivity index (χ1) is 9.65. The minimum atomic E-state index is 0.167. The fourth-order valence-corrected chi connectivity index (χ4v) is 2.34. The summed E-state index contributed by atoms with van der Waals surface area (Å²) in [6, 6.07) is 1.75. The first kappa shape index (κ1) is 14.6. The highest BCUT2D eigenvalue weighted by Gasteiger charge is 2.24. The topological polar surface area (TPSA) is 92.6 Å². The van der Waals surface area contributed by atoms with Crippen LogP contribution >= 0.6 is 15.9 Å². The molecule has 1 aromatic carbocycles. The molecule has 0 aliphatic rings. The molecule has 0 amide bonds. The van der Waals surface area contributed by atoms with E-state index in [1.54, 1.807) is 13.2 Å².